The number of nitrogens with zero attached hydrogens (tertiary/aromatic N) is 4. The molecular weight excluding hydrogens is 1480 g/mol. The number of aromatic nitrogens is 1. The average molecular weight is 1600 g/mol. The van der Waals surface area contributed by atoms with Crippen molar-refractivity contribution in [1.29, 1.82) is 0 Å². The predicted molar refractivity (Wildman–Crippen MR) is 424 cm³/mol. The molecule has 38 nitrogen and oxygen atoms in total. The van der Waals surface area contributed by atoms with Crippen LogP contribution in [0.15, 0.2) is 70.8 Å². The number of primary amides is 1. The van der Waals surface area contributed by atoms with Gasteiger partial charge in [0.05, 0.1) is 31.8 Å². The molecular formula is C76H120N22O16. The van der Waals surface area contributed by atoms with E-state index in [1.165, 1.54) is 16.7 Å². The molecule has 2 aromatic carbocycles. The van der Waals surface area contributed by atoms with E-state index >= 15 is 9.59 Å². The molecule has 26 N–H and O–H groups in total. The van der Waals surface area contributed by atoms with Crippen LogP contribution in [0.2, 0.25) is 0 Å². The molecule has 0 spiro atoms. The number of fused-ring (bicyclic) bond motifs is 1. The number of aromatic amines is 1. The van der Waals surface area contributed by atoms with Gasteiger partial charge in [-0.1, -0.05) is 116 Å². The van der Waals surface area contributed by atoms with Crippen LogP contribution in [0.1, 0.15) is 150 Å². The van der Waals surface area contributed by atoms with E-state index in [4.69, 9.17) is 34.4 Å². The number of nitrogens with one attached hydrogen (secondary N) is 12. The fourth-order valence-electron chi connectivity index (χ4n) is 13.3. The van der Waals surface area contributed by atoms with Gasteiger partial charge in [-0.2, -0.15) is 0 Å². The summed E-state index contributed by atoms with van der Waals surface area (Å²) in [7, 11) is 0. The Morgan fingerprint density at radius 2 is 1.05 bits per heavy atom. The van der Waals surface area contributed by atoms with E-state index in [9.17, 15) is 67.7 Å². The average Bonchev–Trinajstić information content (AvgIpc) is 1.62. The van der Waals surface area contributed by atoms with Gasteiger partial charge in [0.15, 0.2) is 11.9 Å². The van der Waals surface area contributed by atoms with Gasteiger partial charge in [-0.3, -0.25) is 77.1 Å². The molecule has 5 rings (SSSR count). The van der Waals surface area contributed by atoms with Crippen LogP contribution in [0, 0.1) is 17.8 Å². The SMILES string of the molecule is CCCC[C@H](N)C(=O)N[C@H](C(=O)N1CCC[C@H]1C(=O)N[C@@H](Cc1ccccc1)C(=O)N[C@@H](Cc1c[nH]c2ccccc12)C(=O)N[C@@H](CCCN=C(N)N)C(=O)NCC(=O)N[C@H](C(=O)N[C@@H](CO)C(=O)N[C@@H](CC(C)C)C(=O)N[C@@H](CCCN=C(N)N)C(=O)N1CCC[C@H]1C(=O)N[C@H](C(=O)NCC(N)=O)[C@@H](C)CC)C(C)C)[C@@H](C)O. The zero-order chi connectivity index (χ0) is 84.5. The molecule has 0 bridgehead atoms. The van der Waals surface area contributed by atoms with Crippen molar-refractivity contribution in [2.75, 3.05) is 45.9 Å². The van der Waals surface area contributed by atoms with E-state index in [1.807, 2.05) is 6.92 Å². The number of aliphatic imine (C=N–C) groups is 2. The number of carbonyl (C=O) groups excluding carboxylic acids is 14. The minimum Gasteiger partial charge on any atom is -0.394 e. The number of hydrogen-bond acceptors (Lipinski definition) is 19. The first-order chi connectivity index (χ1) is 54.1. The van der Waals surface area contributed by atoms with Gasteiger partial charge in [-0.15, -0.1) is 0 Å². The number of nitrogens with two attached hydrogens (primary N) is 6. The van der Waals surface area contributed by atoms with Gasteiger partial charge in [0.1, 0.15) is 66.5 Å². The highest BCUT2D eigenvalue weighted by atomic mass is 16.3. The molecule has 14 atom stereocenters. The molecule has 0 aliphatic carbocycles. The number of benzene rings is 2. The molecule has 1 aromatic heterocycles. The van der Waals surface area contributed by atoms with Crippen molar-refractivity contribution in [2.24, 2.45) is 62.1 Å². The quantitative estimate of drug-likeness (QED) is 0.0145. The lowest BCUT2D eigenvalue weighted by molar-refractivity contribution is -0.144. The van der Waals surface area contributed by atoms with Gasteiger partial charge in [0.25, 0.3) is 0 Å². The number of aliphatic hydroxyl groups is 2. The van der Waals surface area contributed by atoms with Gasteiger partial charge in [0, 0.05) is 56.1 Å². The van der Waals surface area contributed by atoms with Crippen LogP contribution < -0.4 is 92.9 Å². The molecule has 2 fully saturated rings. The Morgan fingerprint density at radius 3 is 1.62 bits per heavy atom. The molecule has 3 heterocycles. The number of likely N-dealkylation sites (tertiary alicyclic amines) is 2. The number of rotatable bonds is 47. The van der Waals surface area contributed by atoms with Crippen LogP contribution in [0.25, 0.3) is 10.9 Å². The Kier molecular flexibility index (Phi) is 38.5. The molecule has 38 heteroatoms. The Balaban J connectivity index is 1.33. The summed E-state index contributed by atoms with van der Waals surface area (Å²) in [6.07, 6.45) is 3.25. The van der Waals surface area contributed by atoms with E-state index in [-0.39, 0.29) is 102 Å². The Morgan fingerprint density at radius 1 is 0.526 bits per heavy atom. The van der Waals surface area contributed by atoms with Crippen molar-refractivity contribution in [3.63, 3.8) is 0 Å². The van der Waals surface area contributed by atoms with Crippen LogP contribution in [0.5, 0.6) is 0 Å². The minimum absolute atomic E-state index is 0.0193. The van der Waals surface area contributed by atoms with Crippen LogP contribution in [0.3, 0.4) is 0 Å². The summed E-state index contributed by atoms with van der Waals surface area (Å²) in [6.45, 7) is 11.3. The summed E-state index contributed by atoms with van der Waals surface area (Å²) >= 11 is 0. The fourth-order valence-corrected chi connectivity index (χ4v) is 13.3. The number of unbranched alkanes of at least 4 members (excludes halogenated alkanes) is 1. The highest BCUT2D eigenvalue weighted by Crippen LogP contribution is 2.25. The van der Waals surface area contributed by atoms with E-state index in [1.54, 1.807) is 102 Å². The van der Waals surface area contributed by atoms with Crippen LogP contribution >= 0.6 is 0 Å². The summed E-state index contributed by atoms with van der Waals surface area (Å²) in [4.78, 5) is 210. The normalized spacial score (nSPS) is 17.1. The van der Waals surface area contributed by atoms with E-state index in [2.05, 4.69) is 73.5 Å². The first-order valence-electron chi connectivity index (χ1n) is 39.0. The second-order valence-corrected chi connectivity index (χ2v) is 29.7. The predicted octanol–water partition coefficient (Wildman–Crippen LogP) is -4.24. The summed E-state index contributed by atoms with van der Waals surface area (Å²) in [6, 6.07) is -0.190. The maximum atomic E-state index is 15.0. The lowest BCUT2D eigenvalue weighted by Gasteiger charge is -2.32. The highest BCUT2D eigenvalue weighted by molar-refractivity contribution is 6.01. The number of para-hydroxylation sites is 1. The van der Waals surface area contributed by atoms with Gasteiger partial charge in [-0.05, 0) is 106 Å². The molecule has 14 amide bonds. The molecule has 114 heavy (non-hydrogen) atoms. The topological polar surface area (TPSA) is 615 Å². The number of aliphatic hydroxyl groups excluding tert-OH is 2. The van der Waals surface area contributed by atoms with E-state index in [0.29, 0.717) is 54.1 Å². The number of H-pyrrole nitrogens is 1. The van der Waals surface area contributed by atoms with Crippen molar-refractivity contribution < 1.29 is 77.3 Å². The summed E-state index contributed by atoms with van der Waals surface area (Å²) < 4.78 is 0. The highest BCUT2D eigenvalue weighted by Gasteiger charge is 2.44. The molecule has 2 aliphatic heterocycles. The van der Waals surface area contributed by atoms with Crippen LogP contribution in [-0.4, -0.2) is 244 Å². The lowest BCUT2D eigenvalue weighted by atomic mass is 9.97. The molecule has 630 valence electrons. The van der Waals surface area contributed by atoms with Gasteiger partial charge in [-0.25, -0.2) is 0 Å². The van der Waals surface area contributed by atoms with Gasteiger partial charge >= 0.3 is 0 Å². The van der Waals surface area contributed by atoms with Crippen molar-refractivity contribution >= 4 is 106 Å². The number of carbonyl (C=O) groups is 14. The van der Waals surface area contributed by atoms with Crippen molar-refractivity contribution in [3.05, 3.63) is 71.9 Å². The molecule has 0 saturated carbocycles. The third-order valence-corrected chi connectivity index (χ3v) is 19.8. The molecule has 0 radical (unpaired) electrons. The van der Waals surface area contributed by atoms with Crippen LogP contribution in [-0.2, 0) is 80.0 Å². The number of hydrogen-bond donors (Lipinski definition) is 20. The molecule has 2 aliphatic rings. The molecule has 2 saturated heterocycles. The van der Waals surface area contributed by atoms with Gasteiger partial charge in [0.2, 0.25) is 82.7 Å². The van der Waals surface area contributed by atoms with Crippen molar-refractivity contribution in [2.45, 2.75) is 230 Å². The maximum Gasteiger partial charge on any atom is 0.248 e. The number of guanidine groups is 2. The maximum absolute atomic E-state index is 15.0. The summed E-state index contributed by atoms with van der Waals surface area (Å²) in [5.74, 6) is -13.2. The molecule has 0 unspecified atom stereocenters. The Bertz CT molecular complexity index is 3830. The Hall–Kier alpha value is -11.0. The third-order valence-electron chi connectivity index (χ3n) is 19.8. The molecule has 3 aromatic rings. The summed E-state index contributed by atoms with van der Waals surface area (Å²) in [5, 5.41) is 50.9. The second kappa shape index (κ2) is 46.9. The lowest BCUT2D eigenvalue weighted by Crippen LogP contribution is -2.61. The summed E-state index contributed by atoms with van der Waals surface area (Å²) in [5.41, 5.74) is 35.6. The first-order valence-corrected chi connectivity index (χ1v) is 39.0. The number of amides is 14. The largest absolute Gasteiger partial charge is 0.394 e. The zero-order valence-electron chi connectivity index (χ0n) is 66.4. The monoisotopic (exact) mass is 1600 g/mol. The van der Waals surface area contributed by atoms with E-state index in [0.717, 1.165) is 6.42 Å². The Labute approximate surface area is 663 Å². The van der Waals surface area contributed by atoms with Crippen molar-refractivity contribution in [3.8, 4) is 0 Å². The van der Waals surface area contributed by atoms with Gasteiger partial charge < -0.3 is 118 Å². The smallest absolute Gasteiger partial charge is 0.248 e. The zero-order valence-corrected chi connectivity index (χ0v) is 66.4. The first kappa shape index (κ1) is 93.6. The minimum atomic E-state index is -1.74. The van der Waals surface area contributed by atoms with Crippen molar-refractivity contribution in [1.82, 2.24) is 73.3 Å². The van der Waals surface area contributed by atoms with E-state index < -0.39 is 193 Å². The third kappa shape index (κ3) is 29.5. The standard InChI is InChI=1S/C76H120N22O16/c1-9-11-24-48(77)63(103)96-62(44(8)100)74(114)98-33-20-28-56(98)69(109)92-53(35-45-21-13-12-14-22-45)66(106)91-54(36-46-37-85-49-25-16-15-23-47(46)49)67(107)88-50(26-17-30-83-75(79)80)64(104)87-39-59(102)94-60(42(5)6)72(112)93-55(40-99)68(108)90-52(34-41(3)4)65(105)89-51(27-18-31-84-76(81)82)73(113)97-32-19-29-57(97)70(110)95-61(43(7)10-2)71(111)86-38-58(78)101/h12-16,21-23,25,37,41-44,48,50-57,60-62,85,99-100H,9-11,17-20,24,26-36,38-40,77H2,1-8H3,(H2,78,101)(H,86,111)(H,87,104)(H,88,107)(H,89,105)(H,90,108)(H,91,106)(H,92,109)(H,93,112)(H,94,102)(H,95,110)(H,96,103)(H4,79,80,83)(H4,81,82,84)/t43-,44+,48-,50-,51-,52-,53-,54-,55-,56-,57-,60-,61-,62-/m0/s1. The fraction of sp³-hybridized carbons (Fsp3) is 0.605. The van der Waals surface area contributed by atoms with Crippen LogP contribution in [0.4, 0.5) is 0 Å². The second-order valence-electron chi connectivity index (χ2n) is 29.7.